The zero-order valence-corrected chi connectivity index (χ0v) is 12.4. The van der Waals surface area contributed by atoms with Crippen molar-refractivity contribution in [3.63, 3.8) is 0 Å². The molecule has 2 atom stereocenters. The Morgan fingerprint density at radius 1 is 1.43 bits per heavy atom. The van der Waals surface area contributed by atoms with Crippen molar-refractivity contribution in [3.05, 3.63) is 24.3 Å². The van der Waals surface area contributed by atoms with Crippen molar-refractivity contribution >= 4 is 5.69 Å². The molecule has 21 heavy (non-hydrogen) atoms. The van der Waals surface area contributed by atoms with E-state index < -0.39 is 5.60 Å². The number of nitrogen functional groups attached to an aromatic ring is 1. The molecule has 2 unspecified atom stereocenters. The number of aromatic nitrogens is 3. The molecule has 3 rings (SSSR count). The lowest BCUT2D eigenvalue weighted by atomic mass is 9.78. The first-order chi connectivity index (χ1) is 10.1. The van der Waals surface area contributed by atoms with Gasteiger partial charge in [0.15, 0.2) is 0 Å². The van der Waals surface area contributed by atoms with Gasteiger partial charge >= 0.3 is 0 Å². The molecule has 2 aromatic heterocycles. The van der Waals surface area contributed by atoms with Gasteiger partial charge in [-0.25, -0.2) is 0 Å². The maximum absolute atomic E-state index is 5.78. The molecular formula is C15H20N4O2. The Hall–Kier alpha value is -1.95. The summed E-state index contributed by atoms with van der Waals surface area (Å²) in [6, 6.07) is 1.77. The number of hydrogen-bond donors (Lipinski definition) is 1. The van der Waals surface area contributed by atoms with Gasteiger partial charge in [-0.05, 0) is 31.2 Å². The molecule has 2 aromatic rings. The van der Waals surface area contributed by atoms with Crippen LogP contribution in [0.25, 0.3) is 11.5 Å². The molecule has 0 amide bonds. The molecule has 1 saturated carbocycles. The molecule has 0 aromatic carbocycles. The third kappa shape index (κ3) is 2.63. The van der Waals surface area contributed by atoms with E-state index in [4.69, 9.17) is 15.0 Å². The van der Waals surface area contributed by atoms with Crippen molar-refractivity contribution in [1.82, 2.24) is 15.1 Å². The summed E-state index contributed by atoms with van der Waals surface area (Å²) < 4.78 is 11.2. The van der Waals surface area contributed by atoms with E-state index in [-0.39, 0.29) is 0 Å². The number of hydrogen-bond acceptors (Lipinski definition) is 6. The second-order valence-corrected chi connectivity index (χ2v) is 5.83. The lowest BCUT2D eigenvalue weighted by Gasteiger charge is -2.36. The first kappa shape index (κ1) is 14.0. The summed E-state index contributed by atoms with van der Waals surface area (Å²) >= 11 is 0. The van der Waals surface area contributed by atoms with Crippen LogP contribution in [-0.4, -0.2) is 22.2 Å². The minimum Gasteiger partial charge on any atom is -0.397 e. The molecule has 0 aliphatic heterocycles. The van der Waals surface area contributed by atoms with E-state index in [1.165, 1.54) is 6.42 Å². The van der Waals surface area contributed by atoms with Crippen LogP contribution in [0, 0.1) is 5.92 Å². The minimum absolute atomic E-state index is 0.430. The van der Waals surface area contributed by atoms with Gasteiger partial charge < -0.3 is 15.0 Å². The summed E-state index contributed by atoms with van der Waals surface area (Å²) in [5.41, 5.74) is 6.60. The fraction of sp³-hybridized carbons (Fsp3) is 0.533. The van der Waals surface area contributed by atoms with Gasteiger partial charge in [-0.2, -0.15) is 4.98 Å². The first-order valence-electron chi connectivity index (χ1n) is 7.23. The molecule has 1 aliphatic carbocycles. The molecule has 1 fully saturated rings. The topological polar surface area (TPSA) is 87.1 Å². The Balaban J connectivity index is 1.93. The average Bonchev–Trinajstić information content (AvgIpc) is 2.97. The second-order valence-electron chi connectivity index (χ2n) is 5.83. The van der Waals surface area contributed by atoms with E-state index in [1.54, 1.807) is 25.6 Å². The number of pyridine rings is 1. The second kappa shape index (κ2) is 5.44. The van der Waals surface area contributed by atoms with E-state index in [1.807, 2.05) is 0 Å². The van der Waals surface area contributed by atoms with E-state index in [9.17, 15) is 0 Å². The van der Waals surface area contributed by atoms with Crippen LogP contribution in [0.4, 0.5) is 5.69 Å². The Morgan fingerprint density at radius 3 is 3.00 bits per heavy atom. The van der Waals surface area contributed by atoms with Gasteiger partial charge in [-0.15, -0.1) is 0 Å². The number of methoxy groups -OCH3 is 1. The highest BCUT2D eigenvalue weighted by atomic mass is 16.5. The zero-order chi connectivity index (χ0) is 14.9. The van der Waals surface area contributed by atoms with Crippen LogP contribution in [0.15, 0.2) is 23.0 Å². The van der Waals surface area contributed by atoms with Gasteiger partial charge in [0.1, 0.15) is 5.60 Å². The summed E-state index contributed by atoms with van der Waals surface area (Å²) in [5, 5.41) is 4.14. The number of nitrogens with zero attached hydrogens (tertiary/aromatic N) is 3. The predicted molar refractivity (Wildman–Crippen MR) is 78.3 cm³/mol. The summed E-state index contributed by atoms with van der Waals surface area (Å²) in [5.74, 6) is 1.64. The summed E-state index contributed by atoms with van der Waals surface area (Å²) in [6.07, 6.45) is 7.41. The van der Waals surface area contributed by atoms with Crippen molar-refractivity contribution in [2.24, 2.45) is 5.92 Å². The third-order valence-electron chi connectivity index (χ3n) is 4.19. The smallest absolute Gasteiger partial charge is 0.259 e. The van der Waals surface area contributed by atoms with Crippen molar-refractivity contribution in [1.29, 1.82) is 0 Å². The highest BCUT2D eigenvalue weighted by Gasteiger charge is 2.41. The molecule has 0 radical (unpaired) electrons. The molecule has 0 spiro atoms. The Bertz CT molecular complexity index is 628. The van der Waals surface area contributed by atoms with Crippen LogP contribution in [0.1, 0.15) is 38.4 Å². The fourth-order valence-electron chi connectivity index (χ4n) is 3.08. The number of rotatable bonds is 3. The van der Waals surface area contributed by atoms with Crippen LogP contribution in [0.3, 0.4) is 0 Å². The predicted octanol–water partition coefficient (Wildman–Crippen LogP) is 2.77. The summed E-state index contributed by atoms with van der Waals surface area (Å²) in [6.45, 7) is 2.23. The lowest BCUT2D eigenvalue weighted by molar-refractivity contribution is -0.0658. The van der Waals surface area contributed by atoms with E-state index >= 15 is 0 Å². The van der Waals surface area contributed by atoms with Gasteiger partial charge in [0.25, 0.3) is 5.89 Å². The standard InChI is InChI=1S/C15H20N4O2/c1-10-4-3-5-15(7-10,20-2)14-18-13(21-19-14)11-6-12(16)9-17-8-11/h6,8-10H,3-5,7,16H2,1-2H3. The van der Waals surface area contributed by atoms with Crippen molar-refractivity contribution < 1.29 is 9.26 Å². The lowest BCUT2D eigenvalue weighted by Crippen LogP contribution is -2.35. The SMILES string of the molecule is COC1(c2noc(-c3cncc(N)c3)n2)CCCC(C)C1. The molecule has 112 valence electrons. The van der Waals surface area contributed by atoms with Crippen LogP contribution < -0.4 is 5.73 Å². The monoisotopic (exact) mass is 288 g/mol. The highest BCUT2D eigenvalue weighted by molar-refractivity contribution is 5.57. The van der Waals surface area contributed by atoms with Crippen LogP contribution in [0.2, 0.25) is 0 Å². The Morgan fingerprint density at radius 2 is 2.29 bits per heavy atom. The van der Waals surface area contributed by atoms with Gasteiger partial charge in [0.05, 0.1) is 11.3 Å². The van der Waals surface area contributed by atoms with Crippen molar-refractivity contribution in [2.45, 2.75) is 38.2 Å². The number of ether oxygens (including phenoxy) is 1. The van der Waals surface area contributed by atoms with E-state index in [2.05, 4.69) is 22.0 Å². The quantitative estimate of drug-likeness (QED) is 0.934. The molecule has 2 heterocycles. The molecular weight excluding hydrogens is 268 g/mol. The van der Waals surface area contributed by atoms with Gasteiger partial charge in [0.2, 0.25) is 5.82 Å². The zero-order valence-electron chi connectivity index (χ0n) is 12.4. The summed E-state index contributed by atoms with van der Waals surface area (Å²) in [4.78, 5) is 8.57. The highest BCUT2D eigenvalue weighted by Crippen LogP contribution is 2.41. The van der Waals surface area contributed by atoms with Crippen molar-refractivity contribution in [3.8, 4) is 11.5 Å². The van der Waals surface area contributed by atoms with E-state index in [0.29, 0.717) is 23.3 Å². The van der Waals surface area contributed by atoms with Crippen LogP contribution >= 0.6 is 0 Å². The van der Waals surface area contributed by atoms with Crippen LogP contribution in [0.5, 0.6) is 0 Å². The van der Waals surface area contributed by atoms with Crippen molar-refractivity contribution in [2.75, 3.05) is 12.8 Å². The molecule has 1 aliphatic rings. The fourth-order valence-corrected chi connectivity index (χ4v) is 3.08. The largest absolute Gasteiger partial charge is 0.397 e. The Labute approximate surface area is 123 Å². The molecule has 2 N–H and O–H groups in total. The molecule has 0 bridgehead atoms. The van der Waals surface area contributed by atoms with E-state index in [0.717, 1.165) is 24.8 Å². The normalized spacial score (nSPS) is 25.9. The van der Waals surface area contributed by atoms with Crippen LogP contribution in [-0.2, 0) is 10.3 Å². The maximum Gasteiger partial charge on any atom is 0.259 e. The number of nitrogens with two attached hydrogens (primary N) is 1. The Kier molecular flexibility index (Phi) is 3.63. The summed E-state index contributed by atoms with van der Waals surface area (Å²) in [7, 11) is 1.72. The molecule has 6 heteroatoms. The minimum atomic E-state index is -0.437. The maximum atomic E-state index is 5.78. The van der Waals surface area contributed by atoms with Gasteiger partial charge in [-0.1, -0.05) is 18.5 Å². The molecule has 6 nitrogen and oxygen atoms in total. The van der Waals surface area contributed by atoms with Gasteiger partial charge in [0, 0.05) is 19.5 Å². The molecule has 0 saturated heterocycles. The average molecular weight is 288 g/mol. The number of anilines is 1. The first-order valence-corrected chi connectivity index (χ1v) is 7.23. The van der Waals surface area contributed by atoms with Gasteiger partial charge in [-0.3, -0.25) is 4.98 Å². The third-order valence-corrected chi connectivity index (χ3v) is 4.19.